The highest BCUT2D eigenvalue weighted by molar-refractivity contribution is 4.96. The molecule has 0 spiro atoms. The molecule has 0 bridgehead atoms. The van der Waals surface area contributed by atoms with Gasteiger partial charge in [0.05, 0.1) is 18.8 Å². The van der Waals surface area contributed by atoms with Crippen LogP contribution in [0.25, 0.3) is 0 Å². The first-order valence-electron chi connectivity index (χ1n) is 4.55. The van der Waals surface area contributed by atoms with E-state index in [9.17, 15) is 0 Å². The molecule has 0 aromatic rings. The van der Waals surface area contributed by atoms with Crippen LogP contribution in [0, 0.1) is 0 Å². The van der Waals surface area contributed by atoms with Crippen molar-refractivity contribution < 1.29 is 4.74 Å². The molecule has 0 amide bonds. The van der Waals surface area contributed by atoms with Gasteiger partial charge in [0.15, 0.2) is 0 Å². The van der Waals surface area contributed by atoms with Crippen LogP contribution >= 0.6 is 0 Å². The summed E-state index contributed by atoms with van der Waals surface area (Å²) in [6.07, 6.45) is 0. The van der Waals surface area contributed by atoms with Crippen molar-refractivity contribution in [1.29, 1.82) is 0 Å². The Balaban J connectivity index is 2.35. The minimum absolute atomic E-state index is 0.254. The molecule has 1 fully saturated rings. The van der Waals surface area contributed by atoms with E-state index in [-0.39, 0.29) is 5.54 Å². The molecule has 0 atom stereocenters. The number of rotatable bonds is 4. The first-order valence-corrected chi connectivity index (χ1v) is 4.55. The van der Waals surface area contributed by atoms with Gasteiger partial charge in [-0.3, -0.25) is 4.90 Å². The maximum atomic E-state index is 5.25. The second-order valence-electron chi connectivity index (χ2n) is 4.15. The number of hydrogen-bond donors (Lipinski definition) is 1. The van der Waals surface area contributed by atoms with Crippen LogP contribution in [0.1, 0.15) is 13.8 Å². The van der Waals surface area contributed by atoms with Gasteiger partial charge in [-0.05, 0) is 14.1 Å². The van der Waals surface area contributed by atoms with Crippen LogP contribution in [-0.2, 0) is 4.74 Å². The molecule has 0 saturated carbocycles. The summed E-state index contributed by atoms with van der Waals surface area (Å²) in [5.41, 5.74) is 0.254. The SMILES string of the molecule is CC(C)NCC1(N(C)C)COC1. The van der Waals surface area contributed by atoms with Gasteiger partial charge in [0.2, 0.25) is 0 Å². The second kappa shape index (κ2) is 3.73. The average Bonchev–Trinajstić information content (AvgIpc) is 1.83. The third-order valence-corrected chi connectivity index (χ3v) is 2.53. The Morgan fingerprint density at radius 3 is 2.25 bits per heavy atom. The van der Waals surface area contributed by atoms with Crippen LogP contribution in [-0.4, -0.2) is 50.3 Å². The van der Waals surface area contributed by atoms with Crippen LogP contribution < -0.4 is 5.32 Å². The molecule has 1 aliphatic rings. The maximum absolute atomic E-state index is 5.25. The van der Waals surface area contributed by atoms with E-state index >= 15 is 0 Å². The zero-order valence-electron chi connectivity index (χ0n) is 8.55. The van der Waals surface area contributed by atoms with Gasteiger partial charge in [0.25, 0.3) is 0 Å². The summed E-state index contributed by atoms with van der Waals surface area (Å²) >= 11 is 0. The fourth-order valence-electron chi connectivity index (χ4n) is 1.25. The highest BCUT2D eigenvalue weighted by Gasteiger charge is 2.40. The number of likely N-dealkylation sites (N-methyl/N-ethyl adjacent to an activating group) is 1. The summed E-state index contributed by atoms with van der Waals surface area (Å²) in [5.74, 6) is 0. The van der Waals surface area contributed by atoms with Crippen molar-refractivity contribution in [2.75, 3.05) is 33.9 Å². The summed E-state index contributed by atoms with van der Waals surface area (Å²) in [6.45, 7) is 7.09. The van der Waals surface area contributed by atoms with Gasteiger partial charge >= 0.3 is 0 Å². The monoisotopic (exact) mass is 172 g/mol. The lowest BCUT2D eigenvalue weighted by Crippen LogP contribution is -2.65. The largest absolute Gasteiger partial charge is 0.377 e. The lowest BCUT2D eigenvalue weighted by molar-refractivity contribution is -0.123. The van der Waals surface area contributed by atoms with Crippen LogP contribution in [0.5, 0.6) is 0 Å². The predicted octanol–water partition coefficient (Wildman–Crippen LogP) is 0.315. The predicted molar refractivity (Wildman–Crippen MR) is 50.4 cm³/mol. The van der Waals surface area contributed by atoms with Gasteiger partial charge in [-0.2, -0.15) is 0 Å². The van der Waals surface area contributed by atoms with E-state index in [0.717, 1.165) is 19.8 Å². The van der Waals surface area contributed by atoms with Crippen molar-refractivity contribution in [1.82, 2.24) is 10.2 Å². The fourth-order valence-corrected chi connectivity index (χ4v) is 1.25. The molecule has 1 heterocycles. The molecular weight excluding hydrogens is 152 g/mol. The molecule has 1 N–H and O–H groups in total. The highest BCUT2D eigenvalue weighted by atomic mass is 16.5. The Labute approximate surface area is 75.1 Å². The van der Waals surface area contributed by atoms with Crippen molar-refractivity contribution in [2.24, 2.45) is 0 Å². The zero-order chi connectivity index (χ0) is 9.19. The average molecular weight is 172 g/mol. The number of hydrogen-bond acceptors (Lipinski definition) is 3. The molecule has 72 valence electrons. The molecule has 1 aliphatic heterocycles. The van der Waals surface area contributed by atoms with Crippen molar-refractivity contribution in [3.8, 4) is 0 Å². The molecule has 0 aromatic carbocycles. The molecule has 12 heavy (non-hydrogen) atoms. The Hall–Kier alpha value is -0.120. The van der Waals surface area contributed by atoms with Crippen LogP contribution in [0.3, 0.4) is 0 Å². The molecule has 1 rings (SSSR count). The minimum Gasteiger partial charge on any atom is -0.377 e. The smallest absolute Gasteiger partial charge is 0.0799 e. The van der Waals surface area contributed by atoms with Gasteiger partial charge in [-0.25, -0.2) is 0 Å². The zero-order valence-corrected chi connectivity index (χ0v) is 8.55. The number of ether oxygens (including phenoxy) is 1. The highest BCUT2D eigenvalue weighted by Crippen LogP contribution is 2.21. The summed E-state index contributed by atoms with van der Waals surface area (Å²) in [4.78, 5) is 2.26. The van der Waals surface area contributed by atoms with Crippen molar-refractivity contribution >= 4 is 0 Å². The van der Waals surface area contributed by atoms with Crippen molar-refractivity contribution in [2.45, 2.75) is 25.4 Å². The van der Waals surface area contributed by atoms with Gasteiger partial charge in [0.1, 0.15) is 0 Å². The first-order chi connectivity index (χ1) is 5.57. The van der Waals surface area contributed by atoms with E-state index in [2.05, 4.69) is 38.2 Å². The Kier molecular flexibility index (Phi) is 3.09. The van der Waals surface area contributed by atoms with E-state index in [1.165, 1.54) is 0 Å². The number of nitrogens with zero attached hydrogens (tertiary/aromatic N) is 1. The molecule has 0 aromatic heterocycles. The van der Waals surface area contributed by atoms with E-state index in [1.54, 1.807) is 0 Å². The molecular formula is C9H20N2O. The summed E-state index contributed by atoms with van der Waals surface area (Å²) in [7, 11) is 4.23. The lowest BCUT2D eigenvalue weighted by Gasteiger charge is -2.47. The molecule has 3 heteroatoms. The molecule has 0 radical (unpaired) electrons. The van der Waals surface area contributed by atoms with Gasteiger partial charge in [-0.15, -0.1) is 0 Å². The maximum Gasteiger partial charge on any atom is 0.0799 e. The Morgan fingerprint density at radius 2 is 2.00 bits per heavy atom. The van der Waals surface area contributed by atoms with Crippen LogP contribution in [0.4, 0.5) is 0 Å². The van der Waals surface area contributed by atoms with Gasteiger partial charge in [0, 0.05) is 12.6 Å². The molecule has 0 unspecified atom stereocenters. The Morgan fingerprint density at radius 1 is 1.42 bits per heavy atom. The summed E-state index contributed by atoms with van der Waals surface area (Å²) in [6, 6.07) is 0.558. The molecule has 3 nitrogen and oxygen atoms in total. The van der Waals surface area contributed by atoms with Gasteiger partial charge in [-0.1, -0.05) is 13.8 Å². The normalized spacial score (nSPS) is 21.5. The quantitative estimate of drug-likeness (QED) is 0.661. The first kappa shape index (κ1) is 9.96. The number of nitrogens with one attached hydrogen (secondary N) is 1. The van der Waals surface area contributed by atoms with Crippen molar-refractivity contribution in [3.63, 3.8) is 0 Å². The lowest BCUT2D eigenvalue weighted by atomic mass is 9.95. The summed E-state index contributed by atoms with van der Waals surface area (Å²) < 4.78 is 5.25. The second-order valence-corrected chi connectivity index (χ2v) is 4.15. The molecule has 0 aliphatic carbocycles. The fraction of sp³-hybridized carbons (Fsp3) is 1.00. The van der Waals surface area contributed by atoms with Crippen LogP contribution in [0.2, 0.25) is 0 Å². The van der Waals surface area contributed by atoms with Crippen molar-refractivity contribution in [3.05, 3.63) is 0 Å². The van der Waals surface area contributed by atoms with E-state index < -0.39 is 0 Å². The van der Waals surface area contributed by atoms with Gasteiger partial charge < -0.3 is 10.1 Å². The van der Waals surface area contributed by atoms with Crippen LogP contribution in [0.15, 0.2) is 0 Å². The molecule has 1 saturated heterocycles. The van der Waals surface area contributed by atoms with E-state index in [1.807, 2.05) is 0 Å². The van der Waals surface area contributed by atoms with E-state index in [0.29, 0.717) is 6.04 Å². The topological polar surface area (TPSA) is 24.5 Å². The minimum atomic E-state index is 0.254. The third-order valence-electron chi connectivity index (χ3n) is 2.53. The third kappa shape index (κ3) is 1.97. The Bertz CT molecular complexity index is 141. The summed E-state index contributed by atoms with van der Waals surface area (Å²) in [5, 5.41) is 3.45. The standard InChI is InChI=1S/C9H20N2O/c1-8(2)10-5-9(11(3)4)6-12-7-9/h8,10H,5-7H2,1-4H3. The van der Waals surface area contributed by atoms with E-state index in [4.69, 9.17) is 4.74 Å².